The van der Waals surface area contributed by atoms with E-state index in [-0.39, 0.29) is 23.1 Å². The number of hydrogen-bond donors (Lipinski definition) is 6. The van der Waals surface area contributed by atoms with E-state index in [0.717, 1.165) is 21.0 Å². The number of fused-ring (bicyclic) bond motifs is 5. The highest BCUT2D eigenvalue weighted by molar-refractivity contribution is 5.94. The van der Waals surface area contributed by atoms with E-state index in [1.165, 1.54) is 39.8 Å². The number of nitrogens with one attached hydrogen (secondary N) is 1. The van der Waals surface area contributed by atoms with Gasteiger partial charge in [-0.2, -0.15) is 0 Å². The molecule has 5 rings (SSSR count). The fraction of sp³-hybridized carbons (Fsp3) is 0.659. The Balaban J connectivity index is 1.66. The second kappa shape index (κ2) is 15.4. The molecule has 1 saturated heterocycles. The van der Waals surface area contributed by atoms with Gasteiger partial charge < -0.3 is 59.3 Å². The zero-order chi connectivity index (χ0) is 44.4. The Morgan fingerprint density at radius 2 is 1.59 bits per heavy atom. The van der Waals surface area contributed by atoms with E-state index in [4.69, 9.17) is 28.4 Å². The molecule has 6 N–H and O–H groups in total. The van der Waals surface area contributed by atoms with Gasteiger partial charge in [-0.05, 0) is 56.4 Å². The summed E-state index contributed by atoms with van der Waals surface area (Å²) in [4.78, 5) is 80.4. The number of esters is 2. The highest BCUT2D eigenvalue weighted by Crippen LogP contribution is 2.64. The van der Waals surface area contributed by atoms with Crippen LogP contribution >= 0.6 is 0 Å². The standard InChI is InChI=1S/C41H55NO17/c1-19-21(56-32(48)26(45)28(36(2,3)4)42-34(51)58-38(7,8)33(49)50)17-41(53)30(57-31(47)20-14-12-11-13-15-20)27-39(9,29(46)25(44)24(19)37(41,5)6)22(43)16-23-40(27,18-55-23)59-35(52)54-10/h11-15,21-23,25-28,30,43-45,53H,16-18H2,1-10H3,(H,42,51)(H,49,50)/t21-,22?,23+,25+,26+,27?,28+,30-,39+,40-,41+/m0/s1. The molecule has 0 aromatic heterocycles. The largest absolute Gasteiger partial charge is 0.508 e. The first kappa shape index (κ1) is 45.5. The monoisotopic (exact) mass is 833 g/mol. The van der Waals surface area contributed by atoms with E-state index < -0.39 is 131 Å². The molecule has 11 atom stereocenters. The maximum Gasteiger partial charge on any atom is 0.508 e. The Kier molecular flexibility index (Phi) is 11.9. The predicted molar refractivity (Wildman–Crippen MR) is 201 cm³/mol. The lowest BCUT2D eigenvalue weighted by atomic mass is 9.44. The van der Waals surface area contributed by atoms with Crippen LogP contribution in [-0.4, -0.2) is 135 Å². The summed E-state index contributed by atoms with van der Waals surface area (Å²) in [5.41, 5.74) is -11.2. The molecule has 18 heteroatoms. The molecule has 3 fully saturated rings. The van der Waals surface area contributed by atoms with Gasteiger partial charge in [0.15, 0.2) is 17.5 Å². The molecule has 3 aliphatic carbocycles. The molecule has 326 valence electrons. The number of benzene rings is 1. The first-order valence-corrected chi connectivity index (χ1v) is 19.2. The molecule has 4 aliphatic rings. The van der Waals surface area contributed by atoms with Crippen LogP contribution in [0.4, 0.5) is 9.59 Å². The van der Waals surface area contributed by atoms with Crippen LogP contribution in [0.5, 0.6) is 0 Å². The van der Waals surface area contributed by atoms with Crippen molar-refractivity contribution in [2.45, 2.75) is 135 Å². The van der Waals surface area contributed by atoms with Crippen molar-refractivity contribution >= 4 is 35.9 Å². The molecular formula is C41H55NO17. The second-order valence-electron chi connectivity index (χ2n) is 18.2. The molecule has 0 radical (unpaired) electrons. The number of carboxylic acids is 1. The van der Waals surface area contributed by atoms with E-state index in [0.29, 0.717) is 0 Å². The Labute approximate surface area is 341 Å². The minimum absolute atomic E-state index is 0.0320. The van der Waals surface area contributed by atoms with Crippen molar-refractivity contribution in [2.75, 3.05) is 13.7 Å². The van der Waals surface area contributed by atoms with Crippen molar-refractivity contribution in [1.29, 1.82) is 0 Å². The Hall–Kier alpha value is -4.62. The molecule has 1 heterocycles. The molecular weight excluding hydrogens is 778 g/mol. The molecule has 59 heavy (non-hydrogen) atoms. The lowest BCUT2D eigenvalue weighted by Gasteiger charge is -2.67. The van der Waals surface area contributed by atoms with E-state index in [2.05, 4.69) is 5.32 Å². The number of carboxylic acid groups (broad SMARTS) is 1. The number of carbonyl (C=O) groups excluding carboxylic acids is 5. The van der Waals surface area contributed by atoms with Gasteiger partial charge in [0.1, 0.15) is 30.0 Å². The normalized spacial score (nSPS) is 33.6. The summed E-state index contributed by atoms with van der Waals surface area (Å²) in [5.74, 6) is -6.38. The van der Waals surface area contributed by atoms with Crippen LogP contribution in [0.25, 0.3) is 0 Å². The average molecular weight is 834 g/mol. The maximum absolute atomic E-state index is 14.9. The number of aliphatic hydroxyl groups is 4. The fourth-order valence-corrected chi connectivity index (χ4v) is 9.25. The molecule has 1 aromatic carbocycles. The molecule has 1 aliphatic heterocycles. The minimum Gasteiger partial charge on any atom is -0.478 e. The van der Waals surface area contributed by atoms with Gasteiger partial charge in [-0.15, -0.1) is 0 Å². The zero-order valence-electron chi connectivity index (χ0n) is 34.8. The van der Waals surface area contributed by atoms with Crippen LogP contribution in [0.2, 0.25) is 0 Å². The first-order valence-electron chi connectivity index (χ1n) is 19.2. The van der Waals surface area contributed by atoms with Gasteiger partial charge in [-0.1, -0.05) is 52.8 Å². The molecule has 0 spiro atoms. The summed E-state index contributed by atoms with van der Waals surface area (Å²) in [6, 6.07) is 6.23. The lowest BCUT2D eigenvalue weighted by Crippen LogP contribution is -2.81. The predicted octanol–water partition coefficient (Wildman–Crippen LogP) is 2.22. The average Bonchev–Trinajstić information content (AvgIpc) is 3.14. The second-order valence-corrected chi connectivity index (χ2v) is 18.2. The number of alkyl carbamates (subject to hydrolysis) is 1. The van der Waals surface area contributed by atoms with E-state index in [9.17, 15) is 54.3 Å². The van der Waals surface area contributed by atoms with Crippen molar-refractivity contribution in [3.63, 3.8) is 0 Å². The highest BCUT2D eigenvalue weighted by Gasteiger charge is 2.78. The smallest absolute Gasteiger partial charge is 0.478 e. The van der Waals surface area contributed by atoms with Gasteiger partial charge in [0.2, 0.25) is 5.60 Å². The van der Waals surface area contributed by atoms with Crippen LogP contribution in [0, 0.1) is 22.2 Å². The summed E-state index contributed by atoms with van der Waals surface area (Å²) in [6.45, 7) is 12.3. The van der Waals surface area contributed by atoms with Gasteiger partial charge in [0, 0.05) is 18.3 Å². The molecule has 1 amide bonds. The molecule has 2 unspecified atom stereocenters. The quantitative estimate of drug-likeness (QED) is 0.118. The SMILES string of the molecule is COC(=O)O[C@@]12CO[C@@H]1CC(O)[C@@]1(C)C(=O)[C@H](O)C3=C(C)[C@@H](OC(=O)[C@H](O)[C@@H](NC(=O)OC(C)(C)C(=O)O)C(C)(C)C)C[C@@](O)([C@@H](OC(=O)c4ccccc4)C12)C3(C)C. The van der Waals surface area contributed by atoms with Crippen LogP contribution < -0.4 is 5.32 Å². The highest BCUT2D eigenvalue weighted by atomic mass is 16.8. The first-order chi connectivity index (χ1) is 27.1. The molecule has 2 bridgehead atoms. The minimum atomic E-state index is -2.44. The van der Waals surface area contributed by atoms with Crippen LogP contribution in [0.1, 0.15) is 85.5 Å². The summed E-state index contributed by atoms with van der Waals surface area (Å²) < 4.78 is 33.7. The summed E-state index contributed by atoms with van der Waals surface area (Å²) >= 11 is 0. The van der Waals surface area contributed by atoms with Crippen molar-refractivity contribution in [3.8, 4) is 0 Å². The van der Waals surface area contributed by atoms with Crippen molar-refractivity contribution in [3.05, 3.63) is 47.0 Å². The summed E-state index contributed by atoms with van der Waals surface area (Å²) in [7, 11) is 1.05. The van der Waals surface area contributed by atoms with Crippen molar-refractivity contribution in [2.24, 2.45) is 22.2 Å². The summed E-state index contributed by atoms with van der Waals surface area (Å²) in [6.07, 6.45) is -13.7. The van der Waals surface area contributed by atoms with Crippen molar-refractivity contribution < 1.29 is 82.7 Å². The van der Waals surface area contributed by atoms with E-state index >= 15 is 0 Å². The van der Waals surface area contributed by atoms with Crippen LogP contribution in [0.3, 0.4) is 0 Å². The van der Waals surface area contributed by atoms with Crippen LogP contribution in [0.15, 0.2) is 41.5 Å². The number of aliphatic hydroxyl groups excluding tert-OH is 3. The number of aliphatic carboxylic acids is 1. The number of methoxy groups -OCH3 is 1. The number of Topliss-reactive ketones (excluding diaryl/α,β-unsaturated/α-hetero) is 1. The molecule has 18 nitrogen and oxygen atoms in total. The van der Waals surface area contributed by atoms with Gasteiger partial charge in [-0.25, -0.2) is 24.0 Å². The zero-order valence-corrected chi connectivity index (χ0v) is 34.8. The van der Waals surface area contributed by atoms with Crippen LogP contribution in [-0.2, 0) is 42.8 Å². The number of rotatable bonds is 9. The number of ether oxygens (including phenoxy) is 6. The van der Waals surface area contributed by atoms with Gasteiger partial charge in [0.25, 0.3) is 0 Å². The Bertz CT molecular complexity index is 1900. The Morgan fingerprint density at radius 1 is 0.983 bits per heavy atom. The van der Waals surface area contributed by atoms with Gasteiger partial charge in [0.05, 0.1) is 42.8 Å². The third kappa shape index (κ3) is 7.47. The number of amides is 1. The Morgan fingerprint density at radius 3 is 2.12 bits per heavy atom. The number of carbonyl (C=O) groups is 6. The molecule has 2 saturated carbocycles. The molecule has 1 aromatic rings. The summed E-state index contributed by atoms with van der Waals surface area (Å²) in [5, 5.41) is 60.6. The number of hydrogen-bond acceptors (Lipinski definition) is 16. The maximum atomic E-state index is 14.9. The third-order valence-electron chi connectivity index (χ3n) is 12.9. The van der Waals surface area contributed by atoms with E-state index in [1.54, 1.807) is 39.0 Å². The van der Waals surface area contributed by atoms with Gasteiger partial charge >= 0.3 is 30.2 Å². The fourth-order valence-electron chi connectivity index (χ4n) is 9.25. The topological polar surface area (TPSA) is 271 Å². The third-order valence-corrected chi connectivity index (χ3v) is 12.9. The number of ketones is 1. The van der Waals surface area contributed by atoms with E-state index in [1.807, 2.05) is 0 Å². The lowest BCUT2D eigenvalue weighted by molar-refractivity contribution is -0.344. The van der Waals surface area contributed by atoms with Crippen molar-refractivity contribution in [1.82, 2.24) is 5.32 Å². The van der Waals surface area contributed by atoms with Gasteiger partial charge in [-0.3, -0.25) is 4.79 Å².